The number of methoxy groups -OCH3 is 1. The zero-order chi connectivity index (χ0) is 11.0. The van der Waals surface area contributed by atoms with Crippen molar-refractivity contribution in [1.82, 2.24) is 15.1 Å². The summed E-state index contributed by atoms with van der Waals surface area (Å²) in [5, 5.41) is 3.95. The van der Waals surface area contributed by atoms with E-state index in [2.05, 4.69) is 15.1 Å². The number of rotatable bonds is 3. The maximum absolute atomic E-state index is 5.18. The lowest BCUT2D eigenvalue weighted by atomic mass is 10.3. The summed E-state index contributed by atoms with van der Waals surface area (Å²) in [6.45, 7) is 0. The van der Waals surface area contributed by atoms with Crippen molar-refractivity contribution in [3.05, 3.63) is 24.2 Å². The number of hydrogen-bond donors (Lipinski definition) is 0. The van der Waals surface area contributed by atoms with Crippen LogP contribution in [0.1, 0.15) is 24.6 Å². The molecular formula is C11H11N3O2. The summed E-state index contributed by atoms with van der Waals surface area (Å²) < 4.78 is 10.2. The minimum atomic E-state index is 0.503. The van der Waals surface area contributed by atoms with Crippen molar-refractivity contribution < 1.29 is 9.26 Å². The summed E-state index contributed by atoms with van der Waals surface area (Å²) in [5.74, 6) is 2.41. The lowest BCUT2D eigenvalue weighted by Gasteiger charge is -1.97. The van der Waals surface area contributed by atoms with E-state index in [4.69, 9.17) is 9.26 Å². The smallest absolute Gasteiger partial charge is 0.259 e. The van der Waals surface area contributed by atoms with Gasteiger partial charge in [-0.3, -0.25) is 0 Å². The Morgan fingerprint density at radius 3 is 2.88 bits per heavy atom. The fraction of sp³-hybridized carbons (Fsp3) is 0.364. The summed E-state index contributed by atoms with van der Waals surface area (Å²) in [5.41, 5.74) is 0.820. The number of hydrogen-bond acceptors (Lipinski definition) is 5. The Morgan fingerprint density at radius 2 is 2.25 bits per heavy atom. The zero-order valence-corrected chi connectivity index (χ0v) is 8.88. The second-order valence-corrected chi connectivity index (χ2v) is 3.82. The van der Waals surface area contributed by atoms with Gasteiger partial charge in [-0.2, -0.15) is 4.98 Å². The van der Waals surface area contributed by atoms with Crippen LogP contribution in [-0.2, 0) is 0 Å². The van der Waals surface area contributed by atoms with Crippen LogP contribution in [0.25, 0.3) is 11.5 Å². The standard InChI is InChI=1S/C11H11N3O2/c1-15-9-5-4-8(6-12-9)11-13-10(14-16-11)7-2-3-7/h4-7H,2-3H2,1H3. The molecule has 0 aromatic carbocycles. The van der Waals surface area contributed by atoms with Gasteiger partial charge in [0, 0.05) is 18.2 Å². The maximum Gasteiger partial charge on any atom is 0.259 e. The van der Waals surface area contributed by atoms with Crippen molar-refractivity contribution in [2.75, 3.05) is 7.11 Å². The molecule has 5 heteroatoms. The van der Waals surface area contributed by atoms with Crippen LogP contribution in [0, 0.1) is 0 Å². The zero-order valence-electron chi connectivity index (χ0n) is 8.88. The molecular weight excluding hydrogens is 206 g/mol. The van der Waals surface area contributed by atoms with E-state index in [1.54, 1.807) is 19.4 Å². The Labute approximate surface area is 92.5 Å². The van der Waals surface area contributed by atoms with Gasteiger partial charge in [-0.1, -0.05) is 5.16 Å². The molecule has 3 rings (SSSR count). The topological polar surface area (TPSA) is 61.0 Å². The SMILES string of the molecule is COc1ccc(-c2nc(C3CC3)no2)cn1. The van der Waals surface area contributed by atoms with E-state index in [-0.39, 0.29) is 0 Å². The first kappa shape index (κ1) is 9.33. The average Bonchev–Trinajstić information content (AvgIpc) is 3.08. The van der Waals surface area contributed by atoms with Gasteiger partial charge in [-0.05, 0) is 18.9 Å². The molecule has 2 aromatic rings. The van der Waals surface area contributed by atoms with Crippen molar-refractivity contribution in [3.63, 3.8) is 0 Å². The molecule has 1 aliphatic rings. The second-order valence-electron chi connectivity index (χ2n) is 3.82. The third-order valence-electron chi connectivity index (χ3n) is 2.58. The monoisotopic (exact) mass is 217 g/mol. The molecule has 5 nitrogen and oxygen atoms in total. The van der Waals surface area contributed by atoms with E-state index < -0.39 is 0 Å². The third kappa shape index (κ3) is 1.64. The molecule has 82 valence electrons. The molecule has 2 heterocycles. The molecule has 1 fully saturated rings. The summed E-state index contributed by atoms with van der Waals surface area (Å²) in [7, 11) is 1.58. The van der Waals surface area contributed by atoms with Crippen LogP contribution >= 0.6 is 0 Å². The number of pyridine rings is 1. The minimum absolute atomic E-state index is 0.503. The highest BCUT2D eigenvalue weighted by Gasteiger charge is 2.28. The molecule has 0 N–H and O–H groups in total. The van der Waals surface area contributed by atoms with E-state index in [0.717, 1.165) is 11.4 Å². The number of ether oxygens (including phenoxy) is 1. The quantitative estimate of drug-likeness (QED) is 0.787. The van der Waals surface area contributed by atoms with Crippen LogP contribution in [0.15, 0.2) is 22.9 Å². The van der Waals surface area contributed by atoms with Gasteiger partial charge in [-0.25, -0.2) is 4.98 Å². The second kappa shape index (κ2) is 3.59. The van der Waals surface area contributed by atoms with E-state index in [1.807, 2.05) is 6.07 Å². The first-order chi connectivity index (χ1) is 7.86. The first-order valence-electron chi connectivity index (χ1n) is 5.21. The van der Waals surface area contributed by atoms with Gasteiger partial charge < -0.3 is 9.26 Å². The molecule has 0 amide bonds. The predicted molar refractivity (Wildman–Crippen MR) is 56.1 cm³/mol. The fourth-order valence-corrected chi connectivity index (χ4v) is 1.49. The predicted octanol–water partition coefficient (Wildman–Crippen LogP) is 2.02. The molecule has 0 saturated heterocycles. The van der Waals surface area contributed by atoms with Crippen LogP contribution in [0.5, 0.6) is 5.88 Å². The Morgan fingerprint density at radius 1 is 1.38 bits per heavy atom. The van der Waals surface area contributed by atoms with E-state index in [0.29, 0.717) is 17.7 Å². The summed E-state index contributed by atoms with van der Waals surface area (Å²) >= 11 is 0. The Kier molecular flexibility index (Phi) is 2.09. The molecule has 2 aromatic heterocycles. The minimum Gasteiger partial charge on any atom is -0.481 e. The van der Waals surface area contributed by atoms with Crippen molar-refractivity contribution in [2.45, 2.75) is 18.8 Å². The number of nitrogens with zero attached hydrogens (tertiary/aromatic N) is 3. The molecule has 0 unspecified atom stereocenters. The lowest BCUT2D eigenvalue weighted by Crippen LogP contribution is -1.87. The van der Waals surface area contributed by atoms with Crippen molar-refractivity contribution in [1.29, 1.82) is 0 Å². The van der Waals surface area contributed by atoms with Gasteiger partial charge in [0.2, 0.25) is 5.88 Å². The van der Waals surface area contributed by atoms with Crippen molar-refractivity contribution >= 4 is 0 Å². The van der Waals surface area contributed by atoms with Crippen LogP contribution in [0.3, 0.4) is 0 Å². The average molecular weight is 217 g/mol. The van der Waals surface area contributed by atoms with E-state index in [1.165, 1.54) is 12.8 Å². The largest absolute Gasteiger partial charge is 0.481 e. The normalized spacial score (nSPS) is 15.1. The molecule has 1 aliphatic carbocycles. The first-order valence-corrected chi connectivity index (χ1v) is 5.21. The lowest BCUT2D eigenvalue weighted by molar-refractivity contribution is 0.397. The van der Waals surface area contributed by atoms with Gasteiger partial charge in [-0.15, -0.1) is 0 Å². The highest BCUT2D eigenvalue weighted by molar-refractivity contribution is 5.51. The van der Waals surface area contributed by atoms with Crippen molar-refractivity contribution in [2.24, 2.45) is 0 Å². The van der Waals surface area contributed by atoms with Gasteiger partial charge >= 0.3 is 0 Å². The van der Waals surface area contributed by atoms with E-state index >= 15 is 0 Å². The molecule has 0 bridgehead atoms. The highest BCUT2D eigenvalue weighted by atomic mass is 16.5. The summed E-state index contributed by atoms with van der Waals surface area (Å²) in [4.78, 5) is 8.43. The number of aromatic nitrogens is 3. The third-order valence-corrected chi connectivity index (χ3v) is 2.58. The van der Waals surface area contributed by atoms with Gasteiger partial charge in [0.1, 0.15) is 0 Å². The molecule has 0 aliphatic heterocycles. The molecule has 0 atom stereocenters. The molecule has 0 radical (unpaired) electrons. The Hall–Kier alpha value is -1.91. The van der Waals surface area contributed by atoms with Gasteiger partial charge in [0.25, 0.3) is 5.89 Å². The van der Waals surface area contributed by atoms with Crippen LogP contribution in [0.2, 0.25) is 0 Å². The Balaban J connectivity index is 1.88. The van der Waals surface area contributed by atoms with Gasteiger partial charge in [0.05, 0.1) is 12.7 Å². The van der Waals surface area contributed by atoms with Crippen LogP contribution in [0.4, 0.5) is 0 Å². The maximum atomic E-state index is 5.18. The molecule has 1 saturated carbocycles. The van der Waals surface area contributed by atoms with Gasteiger partial charge in [0.15, 0.2) is 5.82 Å². The fourth-order valence-electron chi connectivity index (χ4n) is 1.49. The van der Waals surface area contributed by atoms with E-state index in [9.17, 15) is 0 Å². The van der Waals surface area contributed by atoms with Crippen molar-refractivity contribution in [3.8, 4) is 17.3 Å². The Bertz CT molecular complexity index is 488. The molecule has 16 heavy (non-hydrogen) atoms. The highest BCUT2D eigenvalue weighted by Crippen LogP contribution is 2.38. The van der Waals surface area contributed by atoms with Crippen LogP contribution < -0.4 is 4.74 Å². The summed E-state index contributed by atoms with van der Waals surface area (Å²) in [6, 6.07) is 3.63. The van der Waals surface area contributed by atoms with Crippen LogP contribution in [-0.4, -0.2) is 22.2 Å². The summed E-state index contributed by atoms with van der Waals surface area (Å²) in [6.07, 6.45) is 4.00. The molecule has 0 spiro atoms.